The van der Waals surface area contributed by atoms with Gasteiger partial charge in [-0.3, -0.25) is 4.79 Å². The zero-order chi connectivity index (χ0) is 18.0. The van der Waals surface area contributed by atoms with Crippen LogP contribution in [0.15, 0.2) is 29.2 Å². The molecule has 138 valence electrons. The van der Waals surface area contributed by atoms with E-state index in [1.54, 1.807) is 26.2 Å². The van der Waals surface area contributed by atoms with Crippen molar-refractivity contribution in [1.82, 2.24) is 9.21 Å². The van der Waals surface area contributed by atoms with Gasteiger partial charge in [-0.15, -0.1) is 0 Å². The van der Waals surface area contributed by atoms with Gasteiger partial charge in [0.1, 0.15) is 6.04 Å². The number of carbonyl (C=O) groups is 1. The fourth-order valence-electron chi connectivity index (χ4n) is 4.06. The highest BCUT2D eigenvalue weighted by Crippen LogP contribution is 2.34. The third-order valence-electron chi connectivity index (χ3n) is 5.49. The number of hydrogen-bond donors (Lipinski definition) is 0. The Bertz CT molecular complexity index is 707. The number of sulfonamides is 1. The van der Waals surface area contributed by atoms with E-state index in [9.17, 15) is 13.2 Å². The van der Waals surface area contributed by atoms with Crippen LogP contribution in [0.1, 0.15) is 56.4 Å². The lowest BCUT2D eigenvalue weighted by atomic mass is 9.84. The van der Waals surface area contributed by atoms with Gasteiger partial charge in [-0.2, -0.15) is 4.31 Å². The second-order valence-electron chi connectivity index (χ2n) is 7.41. The molecule has 2 aliphatic rings. The largest absolute Gasteiger partial charge is 0.347 e. The minimum absolute atomic E-state index is 0.139. The third kappa shape index (κ3) is 3.75. The number of benzene rings is 1. The maximum absolute atomic E-state index is 13.0. The molecule has 1 amide bonds. The van der Waals surface area contributed by atoms with E-state index in [0.29, 0.717) is 23.8 Å². The van der Waals surface area contributed by atoms with Crippen LogP contribution in [-0.2, 0) is 14.8 Å². The molecule has 1 aliphatic carbocycles. The molecule has 0 aromatic heterocycles. The Balaban J connectivity index is 1.80. The summed E-state index contributed by atoms with van der Waals surface area (Å²) in [4.78, 5) is 14.1. The van der Waals surface area contributed by atoms with E-state index in [1.165, 1.54) is 46.9 Å². The SMILES string of the molecule is CN(C)C(=O)C1CCCN1S(=O)(=O)c1ccc(C2CCCCC2)cc1. The fourth-order valence-corrected chi connectivity index (χ4v) is 5.71. The highest BCUT2D eigenvalue weighted by Gasteiger charge is 2.40. The molecule has 0 bridgehead atoms. The predicted molar refractivity (Wildman–Crippen MR) is 97.9 cm³/mol. The van der Waals surface area contributed by atoms with Crippen molar-refractivity contribution in [3.8, 4) is 0 Å². The van der Waals surface area contributed by atoms with Crippen molar-refractivity contribution >= 4 is 15.9 Å². The van der Waals surface area contributed by atoms with Crippen molar-refractivity contribution in [3.05, 3.63) is 29.8 Å². The maximum atomic E-state index is 13.0. The molecule has 1 aromatic carbocycles. The van der Waals surface area contributed by atoms with E-state index in [4.69, 9.17) is 0 Å². The molecule has 1 aliphatic heterocycles. The van der Waals surface area contributed by atoms with Gasteiger partial charge in [0.2, 0.25) is 15.9 Å². The molecule has 1 saturated heterocycles. The Labute approximate surface area is 151 Å². The van der Waals surface area contributed by atoms with Gasteiger partial charge >= 0.3 is 0 Å². The van der Waals surface area contributed by atoms with E-state index >= 15 is 0 Å². The zero-order valence-corrected chi connectivity index (χ0v) is 16.0. The van der Waals surface area contributed by atoms with Crippen molar-refractivity contribution < 1.29 is 13.2 Å². The second-order valence-corrected chi connectivity index (χ2v) is 9.30. The maximum Gasteiger partial charge on any atom is 0.243 e. The molecule has 3 rings (SSSR count). The Hall–Kier alpha value is -1.40. The Kier molecular flexibility index (Phi) is 5.49. The van der Waals surface area contributed by atoms with Crippen LogP contribution in [0.2, 0.25) is 0 Å². The van der Waals surface area contributed by atoms with E-state index < -0.39 is 16.1 Å². The molecule has 5 nitrogen and oxygen atoms in total. The normalized spacial score (nSPS) is 22.9. The lowest BCUT2D eigenvalue weighted by Crippen LogP contribution is -2.45. The molecule has 1 unspecified atom stereocenters. The topological polar surface area (TPSA) is 57.7 Å². The van der Waals surface area contributed by atoms with Gasteiger partial charge in [-0.05, 0) is 49.3 Å². The first-order valence-electron chi connectivity index (χ1n) is 9.24. The molecule has 6 heteroatoms. The first-order valence-corrected chi connectivity index (χ1v) is 10.7. The molecule has 1 aromatic rings. The summed E-state index contributed by atoms with van der Waals surface area (Å²) in [5.41, 5.74) is 1.24. The number of likely N-dealkylation sites (N-methyl/N-ethyl adjacent to an activating group) is 1. The quantitative estimate of drug-likeness (QED) is 0.825. The van der Waals surface area contributed by atoms with Gasteiger partial charge in [-0.25, -0.2) is 8.42 Å². The van der Waals surface area contributed by atoms with Crippen molar-refractivity contribution in [2.75, 3.05) is 20.6 Å². The van der Waals surface area contributed by atoms with Crippen LogP contribution in [-0.4, -0.2) is 50.2 Å². The van der Waals surface area contributed by atoms with Crippen LogP contribution < -0.4 is 0 Å². The highest BCUT2D eigenvalue weighted by atomic mass is 32.2. The van der Waals surface area contributed by atoms with Gasteiger partial charge in [0.25, 0.3) is 0 Å². The number of hydrogen-bond acceptors (Lipinski definition) is 3. The summed E-state index contributed by atoms with van der Waals surface area (Å²) in [5, 5.41) is 0. The Morgan fingerprint density at radius 1 is 1.00 bits per heavy atom. The molecule has 1 heterocycles. The average Bonchev–Trinajstić information content (AvgIpc) is 3.12. The molecule has 0 spiro atoms. The van der Waals surface area contributed by atoms with Crippen molar-refractivity contribution in [3.63, 3.8) is 0 Å². The zero-order valence-electron chi connectivity index (χ0n) is 15.1. The van der Waals surface area contributed by atoms with Crippen LogP contribution >= 0.6 is 0 Å². The van der Waals surface area contributed by atoms with Crippen LogP contribution in [0.4, 0.5) is 0 Å². The van der Waals surface area contributed by atoms with E-state index in [1.807, 2.05) is 12.1 Å². The predicted octanol–water partition coefficient (Wildman–Crippen LogP) is 2.98. The minimum Gasteiger partial charge on any atom is -0.347 e. The standard InChI is InChI=1S/C19H28N2O3S/c1-20(2)19(22)18-9-6-14-21(18)25(23,24)17-12-10-16(11-13-17)15-7-4-3-5-8-15/h10-13,15,18H,3-9,14H2,1-2H3. The summed E-state index contributed by atoms with van der Waals surface area (Å²) in [6.07, 6.45) is 7.52. The summed E-state index contributed by atoms with van der Waals surface area (Å²) in [5.74, 6) is 0.417. The molecule has 2 fully saturated rings. The lowest BCUT2D eigenvalue weighted by Gasteiger charge is -2.26. The van der Waals surface area contributed by atoms with E-state index in [0.717, 1.165) is 6.42 Å². The molecule has 25 heavy (non-hydrogen) atoms. The van der Waals surface area contributed by atoms with Crippen molar-refractivity contribution in [2.45, 2.75) is 61.8 Å². The van der Waals surface area contributed by atoms with Crippen molar-refractivity contribution in [2.24, 2.45) is 0 Å². The van der Waals surface area contributed by atoms with Gasteiger partial charge < -0.3 is 4.90 Å². The molecular weight excluding hydrogens is 336 g/mol. The first kappa shape index (κ1) is 18.4. The average molecular weight is 365 g/mol. The van der Waals surface area contributed by atoms with Crippen LogP contribution in [0.3, 0.4) is 0 Å². The molecule has 1 atom stereocenters. The number of carbonyl (C=O) groups excluding carboxylic acids is 1. The van der Waals surface area contributed by atoms with Gasteiger partial charge in [0.05, 0.1) is 4.90 Å². The van der Waals surface area contributed by atoms with Crippen molar-refractivity contribution in [1.29, 1.82) is 0 Å². The molecule has 0 N–H and O–H groups in total. The minimum atomic E-state index is -3.63. The summed E-state index contributed by atoms with van der Waals surface area (Å²) < 4.78 is 27.4. The molecule has 0 radical (unpaired) electrons. The van der Waals surface area contributed by atoms with Crippen LogP contribution in [0.25, 0.3) is 0 Å². The smallest absolute Gasteiger partial charge is 0.243 e. The van der Waals surface area contributed by atoms with Gasteiger partial charge in [0.15, 0.2) is 0 Å². The van der Waals surface area contributed by atoms with Gasteiger partial charge in [0, 0.05) is 20.6 Å². The third-order valence-corrected chi connectivity index (χ3v) is 7.42. The Morgan fingerprint density at radius 2 is 1.64 bits per heavy atom. The summed E-state index contributed by atoms with van der Waals surface area (Å²) in [7, 11) is -0.286. The first-order chi connectivity index (χ1) is 11.9. The number of nitrogens with zero attached hydrogens (tertiary/aromatic N) is 2. The summed E-state index contributed by atoms with van der Waals surface area (Å²) in [6, 6.07) is 6.78. The second kappa shape index (κ2) is 7.46. The lowest BCUT2D eigenvalue weighted by molar-refractivity contribution is -0.132. The summed E-state index contributed by atoms with van der Waals surface area (Å²) in [6.45, 7) is 0.414. The highest BCUT2D eigenvalue weighted by molar-refractivity contribution is 7.89. The van der Waals surface area contributed by atoms with Gasteiger partial charge in [-0.1, -0.05) is 31.4 Å². The Morgan fingerprint density at radius 3 is 2.24 bits per heavy atom. The summed E-state index contributed by atoms with van der Waals surface area (Å²) >= 11 is 0. The van der Waals surface area contributed by atoms with E-state index in [2.05, 4.69) is 0 Å². The number of rotatable bonds is 4. The van der Waals surface area contributed by atoms with Crippen LogP contribution in [0.5, 0.6) is 0 Å². The van der Waals surface area contributed by atoms with E-state index in [-0.39, 0.29) is 5.91 Å². The van der Waals surface area contributed by atoms with Crippen LogP contribution in [0, 0.1) is 0 Å². The molecule has 1 saturated carbocycles. The fraction of sp³-hybridized carbons (Fsp3) is 0.632. The monoisotopic (exact) mass is 364 g/mol. The molecular formula is C19H28N2O3S. The number of amides is 1.